The van der Waals surface area contributed by atoms with Crippen LogP contribution in [0, 0.1) is 16.0 Å². The molecule has 2 rings (SSSR count). The predicted octanol–water partition coefficient (Wildman–Crippen LogP) is 1.46. The molecule has 0 bridgehead atoms. The van der Waals surface area contributed by atoms with Gasteiger partial charge in [0.15, 0.2) is 0 Å². The Bertz CT molecular complexity index is 901. The molecule has 29 heavy (non-hydrogen) atoms. The lowest BCUT2D eigenvalue weighted by Gasteiger charge is -2.27. The fourth-order valence-corrected chi connectivity index (χ4v) is 4.60. The third-order valence-corrected chi connectivity index (χ3v) is 6.38. The standard InChI is InChI=1S/C20H27N3O5S/c1-15(2)13-22(14-20(24)19(21)12-16-6-4-3-5-7-16)29(27,28)18-10-8-17(9-11-18)23(25)26/h3-11,15,19-20,24H,12-14,21H2,1-2H3/p+1. The van der Waals surface area contributed by atoms with E-state index in [4.69, 9.17) is 0 Å². The van der Waals surface area contributed by atoms with Gasteiger partial charge in [0.2, 0.25) is 10.0 Å². The van der Waals surface area contributed by atoms with Gasteiger partial charge in [-0.3, -0.25) is 10.1 Å². The second-order valence-corrected chi connectivity index (χ2v) is 9.42. The highest BCUT2D eigenvalue weighted by Crippen LogP contribution is 2.21. The minimum Gasteiger partial charge on any atom is -0.386 e. The molecule has 8 nitrogen and oxygen atoms in total. The zero-order valence-electron chi connectivity index (χ0n) is 16.6. The molecule has 0 amide bonds. The Labute approximate surface area is 171 Å². The van der Waals surface area contributed by atoms with E-state index in [1.54, 1.807) is 0 Å². The third kappa shape index (κ3) is 6.33. The highest BCUT2D eigenvalue weighted by molar-refractivity contribution is 7.89. The maximum Gasteiger partial charge on any atom is 0.269 e. The number of hydrogen-bond donors (Lipinski definition) is 2. The van der Waals surface area contributed by atoms with E-state index >= 15 is 0 Å². The van der Waals surface area contributed by atoms with Crippen LogP contribution in [-0.4, -0.2) is 48.0 Å². The first-order valence-corrected chi connectivity index (χ1v) is 10.8. The number of hydrogen-bond acceptors (Lipinski definition) is 5. The summed E-state index contributed by atoms with van der Waals surface area (Å²) in [5.41, 5.74) is 4.84. The van der Waals surface area contributed by atoms with Crippen molar-refractivity contribution in [2.24, 2.45) is 5.92 Å². The zero-order valence-corrected chi connectivity index (χ0v) is 17.5. The minimum atomic E-state index is -3.92. The smallest absolute Gasteiger partial charge is 0.269 e. The number of benzene rings is 2. The number of rotatable bonds is 10. The Hall–Kier alpha value is -2.33. The Balaban J connectivity index is 2.19. The van der Waals surface area contributed by atoms with Crippen molar-refractivity contribution in [3.8, 4) is 0 Å². The quantitative estimate of drug-likeness (QED) is 0.442. The topological polar surface area (TPSA) is 128 Å². The van der Waals surface area contributed by atoms with E-state index in [0.29, 0.717) is 6.42 Å². The predicted molar refractivity (Wildman–Crippen MR) is 110 cm³/mol. The fraction of sp³-hybridized carbons (Fsp3) is 0.400. The Morgan fingerprint density at radius 1 is 1.07 bits per heavy atom. The molecular weight excluding hydrogens is 394 g/mol. The van der Waals surface area contributed by atoms with Crippen LogP contribution < -0.4 is 5.73 Å². The van der Waals surface area contributed by atoms with Crippen LogP contribution in [-0.2, 0) is 16.4 Å². The molecule has 2 unspecified atom stereocenters. The summed E-state index contributed by atoms with van der Waals surface area (Å²) in [5, 5.41) is 21.4. The van der Waals surface area contributed by atoms with Crippen molar-refractivity contribution in [2.45, 2.75) is 37.3 Å². The number of nitrogens with zero attached hydrogens (tertiary/aromatic N) is 2. The molecule has 0 aliphatic rings. The van der Waals surface area contributed by atoms with E-state index in [1.807, 2.05) is 44.2 Å². The summed E-state index contributed by atoms with van der Waals surface area (Å²) in [5.74, 6) is 0.0346. The van der Waals surface area contributed by atoms with Gasteiger partial charge >= 0.3 is 0 Å². The molecule has 9 heteroatoms. The van der Waals surface area contributed by atoms with Gasteiger partial charge in [0, 0.05) is 31.6 Å². The summed E-state index contributed by atoms with van der Waals surface area (Å²) >= 11 is 0. The van der Waals surface area contributed by atoms with Crippen LogP contribution in [0.15, 0.2) is 59.5 Å². The van der Waals surface area contributed by atoms with Crippen molar-refractivity contribution >= 4 is 15.7 Å². The molecule has 0 fully saturated rings. The van der Waals surface area contributed by atoms with Gasteiger partial charge in [-0.05, 0) is 23.6 Å². The van der Waals surface area contributed by atoms with Gasteiger partial charge in [0.25, 0.3) is 5.69 Å². The summed E-state index contributed by atoms with van der Waals surface area (Å²) < 4.78 is 27.4. The Morgan fingerprint density at radius 3 is 2.17 bits per heavy atom. The van der Waals surface area contributed by atoms with Gasteiger partial charge in [-0.25, -0.2) is 8.42 Å². The molecule has 0 radical (unpaired) electrons. The second-order valence-electron chi connectivity index (χ2n) is 7.48. The van der Waals surface area contributed by atoms with Gasteiger partial charge in [-0.2, -0.15) is 4.31 Å². The van der Waals surface area contributed by atoms with Crippen LogP contribution in [0.5, 0.6) is 0 Å². The molecule has 0 aliphatic carbocycles. The van der Waals surface area contributed by atoms with Crippen LogP contribution in [0.2, 0.25) is 0 Å². The Morgan fingerprint density at radius 2 is 1.66 bits per heavy atom. The first kappa shape index (κ1) is 23.0. The number of non-ortho nitro benzene ring substituents is 1. The highest BCUT2D eigenvalue weighted by Gasteiger charge is 2.31. The van der Waals surface area contributed by atoms with Crippen LogP contribution >= 0.6 is 0 Å². The summed E-state index contributed by atoms with van der Waals surface area (Å²) in [6, 6.07) is 14.0. The molecule has 4 N–H and O–H groups in total. The second kappa shape index (κ2) is 9.93. The maximum atomic E-state index is 13.1. The molecule has 0 saturated carbocycles. The average molecular weight is 423 g/mol. The highest BCUT2D eigenvalue weighted by atomic mass is 32.2. The van der Waals surface area contributed by atoms with Gasteiger partial charge < -0.3 is 10.8 Å². The summed E-state index contributed by atoms with van der Waals surface area (Å²) in [7, 11) is -3.92. The number of nitro benzene ring substituents is 1. The largest absolute Gasteiger partial charge is 0.386 e. The number of sulfonamides is 1. The molecule has 0 heterocycles. The molecular formula is C20H28N3O5S+. The summed E-state index contributed by atoms with van der Waals surface area (Å²) in [6.45, 7) is 3.89. The normalized spacial score (nSPS) is 14.1. The monoisotopic (exact) mass is 422 g/mol. The van der Waals surface area contributed by atoms with Gasteiger partial charge in [-0.15, -0.1) is 0 Å². The van der Waals surface area contributed by atoms with Gasteiger partial charge in [0.1, 0.15) is 12.1 Å². The summed E-state index contributed by atoms with van der Waals surface area (Å²) in [4.78, 5) is 10.2. The van der Waals surface area contributed by atoms with Crippen LogP contribution in [0.1, 0.15) is 19.4 Å². The first-order chi connectivity index (χ1) is 13.6. The van der Waals surface area contributed by atoms with Crippen molar-refractivity contribution < 1.29 is 24.2 Å². The molecule has 0 spiro atoms. The Kier molecular flexibility index (Phi) is 7.86. The zero-order chi connectivity index (χ0) is 21.6. The van der Waals surface area contributed by atoms with E-state index in [2.05, 4.69) is 5.73 Å². The lowest BCUT2D eigenvalue weighted by molar-refractivity contribution is -0.437. The molecule has 2 atom stereocenters. The molecule has 0 aliphatic heterocycles. The molecule has 2 aromatic rings. The van der Waals surface area contributed by atoms with E-state index in [9.17, 15) is 23.6 Å². The van der Waals surface area contributed by atoms with E-state index in [-0.39, 0.29) is 35.6 Å². The maximum absolute atomic E-state index is 13.1. The van der Waals surface area contributed by atoms with Crippen molar-refractivity contribution in [1.29, 1.82) is 0 Å². The van der Waals surface area contributed by atoms with Crippen molar-refractivity contribution in [3.63, 3.8) is 0 Å². The number of quaternary nitrogens is 1. The first-order valence-electron chi connectivity index (χ1n) is 9.41. The number of aliphatic hydroxyl groups is 1. The van der Waals surface area contributed by atoms with Gasteiger partial charge in [0.05, 0.1) is 9.82 Å². The van der Waals surface area contributed by atoms with Crippen LogP contribution in [0.25, 0.3) is 0 Å². The summed E-state index contributed by atoms with van der Waals surface area (Å²) in [6.07, 6.45) is -0.434. The molecule has 2 aromatic carbocycles. The molecule has 0 saturated heterocycles. The van der Waals surface area contributed by atoms with Crippen LogP contribution in [0.3, 0.4) is 0 Å². The number of nitro groups is 1. The number of aliphatic hydroxyl groups excluding tert-OH is 1. The van der Waals surface area contributed by atoms with E-state index in [1.165, 1.54) is 16.4 Å². The molecule has 0 aromatic heterocycles. The average Bonchev–Trinajstić information content (AvgIpc) is 2.67. The minimum absolute atomic E-state index is 0.0346. The van der Waals surface area contributed by atoms with Crippen LogP contribution in [0.4, 0.5) is 5.69 Å². The van der Waals surface area contributed by atoms with Crippen molar-refractivity contribution in [3.05, 3.63) is 70.3 Å². The van der Waals surface area contributed by atoms with E-state index in [0.717, 1.165) is 17.7 Å². The lowest BCUT2D eigenvalue weighted by atomic mass is 10.0. The van der Waals surface area contributed by atoms with Crippen molar-refractivity contribution in [2.75, 3.05) is 13.1 Å². The third-order valence-electron chi connectivity index (χ3n) is 4.53. The fourth-order valence-electron chi connectivity index (χ4n) is 2.98. The lowest BCUT2D eigenvalue weighted by Crippen LogP contribution is -2.69. The van der Waals surface area contributed by atoms with Gasteiger partial charge in [-0.1, -0.05) is 44.2 Å². The SMILES string of the molecule is CC(C)CN(CC(O)C([NH3+])Cc1ccccc1)S(=O)(=O)c1ccc([N+](=O)[O-])cc1. The molecule has 158 valence electrons. The van der Waals surface area contributed by atoms with Crippen molar-refractivity contribution in [1.82, 2.24) is 4.31 Å². The van der Waals surface area contributed by atoms with E-state index < -0.39 is 21.1 Å².